The van der Waals surface area contributed by atoms with Crippen molar-refractivity contribution in [2.75, 3.05) is 6.61 Å². The van der Waals surface area contributed by atoms with Crippen molar-refractivity contribution in [3.05, 3.63) is 28.2 Å². The standard InChI is InChI=1S/C17H24BrNO2/c1-12(19)15-5-4-13(18)10-16(15)21-14-6-9-20-17(11-14)7-2-3-8-17/h4-5,10,12,14H,2-3,6-9,11,19H2,1H3/t12-,14?/m1/s1. The van der Waals surface area contributed by atoms with E-state index in [0.717, 1.165) is 35.2 Å². The third-order valence-electron chi connectivity index (χ3n) is 4.72. The van der Waals surface area contributed by atoms with Gasteiger partial charge in [0.05, 0.1) is 12.2 Å². The van der Waals surface area contributed by atoms with Crippen molar-refractivity contribution >= 4 is 15.9 Å². The minimum absolute atomic E-state index is 0.0200. The molecule has 1 saturated carbocycles. The van der Waals surface area contributed by atoms with Crippen LogP contribution in [0.5, 0.6) is 5.75 Å². The second kappa shape index (κ2) is 6.27. The van der Waals surface area contributed by atoms with Crippen LogP contribution in [0.1, 0.15) is 57.1 Å². The summed E-state index contributed by atoms with van der Waals surface area (Å²) in [5.41, 5.74) is 7.23. The van der Waals surface area contributed by atoms with Gasteiger partial charge in [0.1, 0.15) is 11.9 Å². The molecule has 2 aliphatic rings. The number of hydrogen-bond acceptors (Lipinski definition) is 3. The van der Waals surface area contributed by atoms with Crippen LogP contribution in [0.4, 0.5) is 0 Å². The summed E-state index contributed by atoms with van der Waals surface area (Å²) < 4.78 is 13.4. The maximum absolute atomic E-state index is 6.33. The maximum atomic E-state index is 6.33. The fourth-order valence-corrected chi connectivity index (χ4v) is 3.96. The number of halogens is 1. The predicted octanol–water partition coefficient (Wildman–Crippen LogP) is 4.34. The van der Waals surface area contributed by atoms with Gasteiger partial charge in [-0.15, -0.1) is 0 Å². The molecule has 3 rings (SSSR count). The average Bonchev–Trinajstić information content (AvgIpc) is 2.86. The zero-order valence-electron chi connectivity index (χ0n) is 12.6. The zero-order chi connectivity index (χ0) is 14.9. The Morgan fingerprint density at radius 2 is 2.14 bits per heavy atom. The SMILES string of the molecule is C[C@@H](N)c1ccc(Br)cc1OC1CCOC2(CCCC2)C1. The summed E-state index contributed by atoms with van der Waals surface area (Å²) in [6, 6.07) is 6.09. The van der Waals surface area contributed by atoms with Gasteiger partial charge in [-0.3, -0.25) is 0 Å². The van der Waals surface area contributed by atoms with Gasteiger partial charge in [0.15, 0.2) is 0 Å². The molecule has 116 valence electrons. The van der Waals surface area contributed by atoms with Crippen LogP contribution in [-0.4, -0.2) is 18.3 Å². The lowest BCUT2D eigenvalue weighted by Crippen LogP contribution is -2.41. The number of benzene rings is 1. The molecule has 1 heterocycles. The first-order chi connectivity index (χ1) is 10.1. The molecule has 1 aliphatic carbocycles. The number of rotatable bonds is 3. The summed E-state index contributed by atoms with van der Waals surface area (Å²) in [5, 5.41) is 0. The molecule has 4 heteroatoms. The van der Waals surface area contributed by atoms with Gasteiger partial charge in [-0.1, -0.05) is 34.8 Å². The van der Waals surface area contributed by atoms with Crippen molar-refractivity contribution < 1.29 is 9.47 Å². The first-order valence-corrected chi connectivity index (χ1v) is 8.73. The Balaban J connectivity index is 1.75. The highest BCUT2D eigenvalue weighted by molar-refractivity contribution is 9.10. The molecule has 1 aromatic rings. The molecule has 21 heavy (non-hydrogen) atoms. The lowest BCUT2D eigenvalue weighted by Gasteiger charge is -2.38. The van der Waals surface area contributed by atoms with E-state index in [1.54, 1.807) is 0 Å². The maximum Gasteiger partial charge on any atom is 0.125 e. The zero-order valence-corrected chi connectivity index (χ0v) is 14.2. The van der Waals surface area contributed by atoms with E-state index in [2.05, 4.69) is 22.0 Å². The van der Waals surface area contributed by atoms with Crippen molar-refractivity contribution in [3.8, 4) is 5.75 Å². The molecular weight excluding hydrogens is 330 g/mol. The normalized spacial score (nSPS) is 26.0. The van der Waals surface area contributed by atoms with Gasteiger partial charge in [0, 0.05) is 28.9 Å². The molecule has 2 atom stereocenters. The fourth-order valence-electron chi connectivity index (χ4n) is 3.62. The lowest BCUT2D eigenvalue weighted by atomic mass is 9.90. The van der Waals surface area contributed by atoms with Gasteiger partial charge in [-0.2, -0.15) is 0 Å². The Morgan fingerprint density at radius 1 is 1.38 bits per heavy atom. The van der Waals surface area contributed by atoms with Crippen molar-refractivity contribution in [1.29, 1.82) is 0 Å². The Bertz CT molecular complexity index is 498. The van der Waals surface area contributed by atoms with Crippen LogP contribution < -0.4 is 10.5 Å². The van der Waals surface area contributed by atoms with Gasteiger partial charge < -0.3 is 15.2 Å². The van der Waals surface area contributed by atoms with Gasteiger partial charge in [0.2, 0.25) is 0 Å². The first kappa shape index (κ1) is 15.3. The highest BCUT2D eigenvalue weighted by Gasteiger charge is 2.40. The van der Waals surface area contributed by atoms with Crippen molar-refractivity contribution in [3.63, 3.8) is 0 Å². The lowest BCUT2D eigenvalue weighted by molar-refractivity contribution is -0.108. The van der Waals surface area contributed by atoms with Crippen LogP contribution in [0.2, 0.25) is 0 Å². The fraction of sp³-hybridized carbons (Fsp3) is 0.647. The molecule has 2 N–H and O–H groups in total. The second-order valence-electron chi connectivity index (χ2n) is 6.44. The Labute approximate surface area is 135 Å². The van der Waals surface area contributed by atoms with Crippen LogP contribution >= 0.6 is 15.9 Å². The average molecular weight is 354 g/mol. The summed E-state index contributed by atoms with van der Waals surface area (Å²) >= 11 is 3.52. The Hall–Kier alpha value is -0.580. The minimum atomic E-state index is -0.0200. The molecule has 2 fully saturated rings. The van der Waals surface area contributed by atoms with E-state index >= 15 is 0 Å². The molecule has 1 saturated heterocycles. The van der Waals surface area contributed by atoms with Crippen molar-refractivity contribution in [2.24, 2.45) is 5.73 Å². The Morgan fingerprint density at radius 3 is 2.86 bits per heavy atom. The molecule has 0 amide bonds. The molecule has 3 nitrogen and oxygen atoms in total. The van der Waals surface area contributed by atoms with Gasteiger partial charge in [-0.05, 0) is 31.9 Å². The largest absolute Gasteiger partial charge is 0.490 e. The molecule has 1 spiro atoms. The molecular formula is C17H24BrNO2. The quantitative estimate of drug-likeness (QED) is 0.878. The van der Waals surface area contributed by atoms with Crippen molar-refractivity contribution in [1.82, 2.24) is 0 Å². The molecule has 1 aliphatic heterocycles. The summed E-state index contributed by atoms with van der Waals surface area (Å²) in [4.78, 5) is 0. The summed E-state index contributed by atoms with van der Waals surface area (Å²) in [5.74, 6) is 0.916. The topological polar surface area (TPSA) is 44.5 Å². The molecule has 1 unspecified atom stereocenters. The highest BCUT2D eigenvalue weighted by Crippen LogP contribution is 2.41. The monoisotopic (exact) mass is 353 g/mol. The van der Waals surface area contributed by atoms with Gasteiger partial charge >= 0.3 is 0 Å². The first-order valence-electron chi connectivity index (χ1n) is 7.94. The van der Waals surface area contributed by atoms with E-state index in [1.165, 1.54) is 25.7 Å². The van der Waals surface area contributed by atoms with Gasteiger partial charge in [0.25, 0.3) is 0 Å². The van der Waals surface area contributed by atoms with Crippen LogP contribution in [0.15, 0.2) is 22.7 Å². The van der Waals surface area contributed by atoms with Crippen LogP contribution in [0, 0.1) is 0 Å². The molecule has 0 radical (unpaired) electrons. The van der Waals surface area contributed by atoms with E-state index in [0.29, 0.717) is 0 Å². The minimum Gasteiger partial charge on any atom is -0.490 e. The molecule has 1 aromatic carbocycles. The Kier molecular flexibility index (Phi) is 4.57. The van der Waals surface area contributed by atoms with E-state index in [1.807, 2.05) is 19.1 Å². The van der Waals surface area contributed by atoms with E-state index < -0.39 is 0 Å². The highest BCUT2D eigenvalue weighted by atomic mass is 79.9. The number of ether oxygens (including phenoxy) is 2. The van der Waals surface area contributed by atoms with Crippen LogP contribution in [-0.2, 0) is 4.74 Å². The number of hydrogen-bond donors (Lipinski definition) is 1. The van der Waals surface area contributed by atoms with E-state index in [4.69, 9.17) is 15.2 Å². The van der Waals surface area contributed by atoms with Gasteiger partial charge in [-0.25, -0.2) is 0 Å². The third-order valence-corrected chi connectivity index (χ3v) is 5.22. The number of nitrogens with two attached hydrogens (primary N) is 1. The third kappa shape index (κ3) is 3.43. The summed E-state index contributed by atoms with van der Waals surface area (Å²) in [6.07, 6.45) is 7.16. The molecule has 0 aromatic heterocycles. The van der Waals surface area contributed by atoms with Crippen molar-refractivity contribution in [2.45, 2.75) is 63.2 Å². The predicted molar refractivity (Wildman–Crippen MR) is 87.5 cm³/mol. The molecule has 0 bridgehead atoms. The smallest absolute Gasteiger partial charge is 0.125 e. The second-order valence-corrected chi connectivity index (χ2v) is 7.36. The van der Waals surface area contributed by atoms with E-state index in [-0.39, 0.29) is 17.7 Å². The van der Waals surface area contributed by atoms with Crippen LogP contribution in [0.3, 0.4) is 0 Å². The summed E-state index contributed by atoms with van der Waals surface area (Å²) in [7, 11) is 0. The van der Waals surface area contributed by atoms with E-state index in [9.17, 15) is 0 Å². The van der Waals surface area contributed by atoms with Crippen LogP contribution in [0.25, 0.3) is 0 Å². The summed E-state index contributed by atoms with van der Waals surface area (Å²) in [6.45, 7) is 2.81.